The van der Waals surface area contributed by atoms with Crippen molar-refractivity contribution in [2.24, 2.45) is 10.8 Å². The van der Waals surface area contributed by atoms with Gasteiger partial charge in [0, 0.05) is 5.56 Å². The third kappa shape index (κ3) is 3.30. The summed E-state index contributed by atoms with van der Waals surface area (Å²) in [7, 11) is 0. The summed E-state index contributed by atoms with van der Waals surface area (Å²) < 4.78 is 0. The number of benzene rings is 1. The van der Waals surface area contributed by atoms with Gasteiger partial charge in [-0.05, 0) is 25.8 Å². The van der Waals surface area contributed by atoms with Crippen LogP contribution in [0.2, 0.25) is 0 Å². The van der Waals surface area contributed by atoms with E-state index < -0.39 is 0 Å². The molecule has 17 heavy (non-hydrogen) atoms. The number of rotatable bonds is 2. The lowest BCUT2D eigenvalue weighted by atomic mass is 9.96. The minimum atomic E-state index is 0.440. The molecule has 0 aromatic heterocycles. The Balaban J connectivity index is 2.17. The van der Waals surface area contributed by atoms with Crippen molar-refractivity contribution in [2.75, 3.05) is 0 Å². The van der Waals surface area contributed by atoms with Crippen LogP contribution in [0.4, 0.5) is 0 Å². The van der Waals surface area contributed by atoms with E-state index in [1.807, 2.05) is 6.07 Å². The number of aryl methyl sites for hydroxylation is 1. The quantitative estimate of drug-likeness (QED) is 0.356. The van der Waals surface area contributed by atoms with Crippen LogP contribution in [0.15, 0.2) is 29.3 Å². The van der Waals surface area contributed by atoms with Crippen LogP contribution in [0.25, 0.3) is 0 Å². The molecule has 0 bridgehead atoms. The molecule has 0 saturated heterocycles. The first-order valence-electron chi connectivity index (χ1n) is 6.41. The summed E-state index contributed by atoms with van der Waals surface area (Å²) in [4.78, 5) is 4.75. The van der Waals surface area contributed by atoms with E-state index in [0.29, 0.717) is 6.04 Å². The first kappa shape index (κ1) is 12.1. The molecule has 0 amide bonds. The number of hydrogen-bond donors (Lipinski definition) is 2. The fourth-order valence-electron chi connectivity index (χ4n) is 2.38. The van der Waals surface area contributed by atoms with Crippen LogP contribution in [-0.2, 0) is 0 Å². The van der Waals surface area contributed by atoms with E-state index >= 15 is 0 Å². The van der Waals surface area contributed by atoms with Crippen molar-refractivity contribution in [1.29, 1.82) is 0 Å². The minimum absolute atomic E-state index is 0.440. The molecule has 0 aliphatic heterocycles. The van der Waals surface area contributed by atoms with Gasteiger partial charge >= 0.3 is 0 Å². The monoisotopic (exact) mass is 231 g/mol. The van der Waals surface area contributed by atoms with E-state index in [1.165, 1.54) is 37.7 Å². The van der Waals surface area contributed by atoms with Gasteiger partial charge in [-0.3, -0.25) is 4.99 Å². The van der Waals surface area contributed by atoms with E-state index in [9.17, 15) is 0 Å². The highest BCUT2D eigenvalue weighted by Gasteiger charge is 2.13. The molecule has 3 heteroatoms. The van der Waals surface area contributed by atoms with Crippen molar-refractivity contribution < 1.29 is 0 Å². The molecule has 1 aromatic rings. The van der Waals surface area contributed by atoms with Gasteiger partial charge in [-0.1, -0.05) is 43.0 Å². The molecule has 2 rings (SSSR count). The van der Waals surface area contributed by atoms with Gasteiger partial charge in [0.1, 0.15) is 5.84 Å². The highest BCUT2D eigenvalue weighted by Crippen LogP contribution is 2.20. The highest BCUT2D eigenvalue weighted by atomic mass is 15.3. The summed E-state index contributed by atoms with van der Waals surface area (Å²) in [6, 6.07) is 8.72. The van der Waals surface area contributed by atoms with Crippen LogP contribution in [0, 0.1) is 6.92 Å². The van der Waals surface area contributed by atoms with Gasteiger partial charge < -0.3 is 5.43 Å². The standard InChI is InChI=1S/C14H21N3/c1-11-6-5-7-12(10-11)14(17-15)16-13-8-3-2-4-9-13/h5-7,10,13H,2-4,8-9,15H2,1H3,(H,16,17). The van der Waals surface area contributed by atoms with E-state index in [4.69, 9.17) is 10.8 Å². The van der Waals surface area contributed by atoms with E-state index in [1.54, 1.807) is 0 Å². The second-order valence-corrected chi connectivity index (χ2v) is 4.78. The predicted octanol–water partition coefficient (Wildman–Crippen LogP) is 2.54. The zero-order chi connectivity index (χ0) is 12.1. The molecule has 0 heterocycles. The highest BCUT2D eigenvalue weighted by molar-refractivity contribution is 5.98. The van der Waals surface area contributed by atoms with Gasteiger partial charge in [-0.25, -0.2) is 5.84 Å². The molecule has 3 nitrogen and oxygen atoms in total. The Kier molecular flexibility index (Phi) is 4.15. The molecule has 3 N–H and O–H groups in total. The Labute approximate surface area is 103 Å². The van der Waals surface area contributed by atoms with Gasteiger partial charge in [0.25, 0.3) is 0 Å². The zero-order valence-corrected chi connectivity index (χ0v) is 10.4. The lowest BCUT2D eigenvalue weighted by Gasteiger charge is -2.19. The normalized spacial score (nSPS) is 18.1. The van der Waals surface area contributed by atoms with Gasteiger partial charge in [0.15, 0.2) is 0 Å². The summed E-state index contributed by atoms with van der Waals surface area (Å²) in [5.74, 6) is 6.41. The molecule has 0 radical (unpaired) electrons. The number of nitrogens with one attached hydrogen (secondary N) is 1. The molecule has 1 saturated carbocycles. The van der Waals surface area contributed by atoms with Gasteiger partial charge in [0.2, 0.25) is 0 Å². The molecule has 92 valence electrons. The number of nitrogens with two attached hydrogens (primary N) is 1. The average Bonchev–Trinajstić information content (AvgIpc) is 2.37. The molecular weight excluding hydrogens is 210 g/mol. The molecule has 1 aromatic carbocycles. The smallest absolute Gasteiger partial charge is 0.142 e. The third-order valence-electron chi connectivity index (χ3n) is 3.31. The molecular formula is C14H21N3. The Morgan fingerprint density at radius 3 is 2.71 bits per heavy atom. The van der Waals surface area contributed by atoms with Crippen LogP contribution in [0.5, 0.6) is 0 Å². The first-order chi connectivity index (χ1) is 8.29. The topological polar surface area (TPSA) is 50.4 Å². The molecule has 1 fully saturated rings. The average molecular weight is 231 g/mol. The van der Waals surface area contributed by atoms with Crippen molar-refractivity contribution in [3.05, 3.63) is 35.4 Å². The molecule has 0 spiro atoms. The predicted molar refractivity (Wildman–Crippen MR) is 71.9 cm³/mol. The minimum Gasteiger partial charge on any atom is -0.308 e. The lowest BCUT2D eigenvalue weighted by molar-refractivity contribution is 0.442. The van der Waals surface area contributed by atoms with Gasteiger partial charge in [-0.15, -0.1) is 0 Å². The fraction of sp³-hybridized carbons (Fsp3) is 0.500. The Morgan fingerprint density at radius 1 is 1.29 bits per heavy atom. The first-order valence-corrected chi connectivity index (χ1v) is 6.41. The maximum Gasteiger partial charge on any atom is 0.142 e. The van der Waals surface area contributed by atoms with Crippen molar-refractivity contribution in [1.82, 2.24) is 5.43 Å². The summed E-state index contributed by atoms with van der Waals surface area (Å²) in [5.41, 5.74) is 5.06. The summed E-state index contributed by atoms with van der Waals surface area (Å²) >= 11 is 0. The largest absolute Gasteiger partial charge is 0.308 e. The molecule has 1 aliphatic carbocycles. The number of amidine groups is 1. The molecule has 1 aliphatic rings. The second kappa shape index (κ2) is 5.82. The van der Waals surface area contributed by atoms with Crippen LogP contribution in [0.1, 0.15) is 43.2 Å². The summed E-state index contributed by atoms with van der Waals surface area (Å²) in [5, 5.41) is 0. The summed E-state index contributed by atoms with van der Waals surface area (Å²) in [6.45, 7) is 2.08. The van der Waals surface area contributed by atoms with E-state index in [0.717, 1.165) is 11.4 Å². The van der Waals surface area contributed by atoms with Gasteiger partial charge in [0.05, 0.1) is 6.04 Å². The van der Waals surface area contributed by atoms with Gasteiger partial charge in [-0.2, -0.15) is 0 Å². The number of hydrazine groups is 1. The maximum absolute atomic E-state index is 5.59. The SMILES string of the molecule is Cc1cccc(C(=NC2CCCCC2)NN)c1. The fourth-order valence-corrected chi connectivity index (χ4v) is 2.38. The number of hydrogen-bond acceptors (Lipinski definition) is 2. The van der Waals surface area contributed by atoms with Crippen molar-refractivity contribution >= 4 is 5.84 Å². The Bertz CT molecular complexity index is 392. The molecule has 0 atom stereocenters. The van der Waals surface area contributed by atoms with Crippen molar-refractivity contribution in [3.8, 4) is 0 Å². The Morgan fingerprint density at radius 2 is 2.06 bits per heavy atom. The maximum atomic E-state index is 5.59. The van der Waals surface area contributed by atoms with Crippen molar-refractivity contribution in [3.63, 3.8) is 0 Å². The summed E-state index contributed by atoms with van der Waals surface area (Å²) in [6.07, 6.45) is 6.31. The lowest BCUT2D eigenvalue weighted by Crippen LogP contribution is -2.32. The van der Waals surface area contributed by atoms with E-state index in [2.05, 4.69) is 30.5 Å². The number of nitrogens with zero attached hydrogens (tertiary/aromatic N) is 1. The third-order valence-corrected chi connectivity index (χ3v) is 3.31. The van der Waals surface area contributed by atoms with Crippen molar-refractivity contribution in [2.45, 2.75) is 45.1 Å². The van der Waals surface area contributed by atoms with Crippen LogP contribution < -0.4 is 11.3 Å². The zero-order valence-electron chi connectivity index (χ0n) is 10.4. The molecule has 0 unspecified atom stereocenters. The number of aliphatic imine (C=N–C) groups is 1. The van der Waals surface area contributed by atoms with Crippen LogP contribution in [-0.4, -0.2) is 11.9 Å². The second-order valence-electron chi connectivity index (χ2n) is 4.78. The van der Waals surface area contributed by atoms with E-state index in [-0.39, 0.29) is 0 Å². The van der Waals surface area contributed by atoms with Crippen LogP contribution >= 0.6 is 0 Å². The van der Waals surface area contributed by atoms with Crippen LogP contribution in [0.3, 0.4) is 0 Å². The Hall–Kier alpha value is -1.35.